The number of morpholine rings is 1. The number of carbonyl (C=O) groups excluding carboxylic acids is 1. The number of benzene rings is 3. The second-order valence-electron chi connectivity index (χ2n) is 11.6. The Morgan fingerprint density at radius 1 is 0.927 bits per heavy atom. The van der Waals surface area contributed by atoms with Gasteiger partial charge in [-0.3, -0.25) is 9.88 Å². The van der Waals surface area contributed by atoms with Gasteiger partial charge in [0.05, 0.1) is 24.6 Å². The molecule has 0 spiro atoms. The molecule has 1 aromatic heterocycles. The Kier molecular flexibility index (Phi) is 8.98. The molecule has 7 nitrogen and oxygen atoms in total. The van der Waals surface area contributed by atoms with Gasteiger partial charge in [0.2, 0.25) is 0 Å². The SMILES string of the molecule is CC(C)(C)c1cccc(NC(=O)Nc2ccc(-c3ccc(CN4CCOCC4)nc3)c3ccccc23)c1CCCO. The third-order valence-electron chi connectivity index (χ3n) is 7.61. The van der Waals surface area contributed by atoms with E-state index in [9.17, 15) is 9.90 Å². The molecule has 0 radical (unpaired) electrons. The molecular formula is C34H40N4O3. The van der Waals surface area contributed by atoms with E-state index >= 15 is 0 Å². The standard InChI is InChI=1S/C34H40N4O3/c1-34(2,3)30-11-6-12-31(29(30)10-7-19-39)36-33(40)37-32-16-15-26(27-8-4-5-9-28(27)32)24-13-14-25(35-22-24)23-38-17-20-41-21-18-38/h4-6,8-9,11-16,22,39H,7,10,17-21,23H2,1-3H3,(H2,36,37,40). The fourth-order valence-corrected chi connectivity index (χ4v) is 5.53. The summed E-state index contributed by atoms with van der Waals surface area (Å²) in [6, 6.07) is 22.0. The number of pyridine rings is 1. The average molecular weight is 553 g/mol. The number of amides is 2. The minimum absolute atomic E-state index is 0.0828. The number of anilines is 2. The van der Waals surface area contributed by atoms with Crippen molar-refractivity contribution in [1.29, 1.82) is 0 Å². The van der Waals surface area contributed by atoms with Crippen molar-refractivity contribution in [3.8, 4) is 11.1 Å². The van der Waals surface area contributed by atoms with Crippen molar-refractivity contribution >= 4 is 28.2 Å². The Morgan fingerprint density at radius 3 is 2.39 bits per heavy atom. The van der Waals surface area contributed by atoms with Gasteiger partial charge >= 0.3 is 6.03 Å². The van der Waals surface area contributed by atoms with Crippen LogP contribution in [0.15, 0.2) is 72.9 Å². The first-order chi connectivity index (χ1) is 19.8. The van der Waals surface area contributed by atoms with Crippen LogP contribution in [0.5, 0.6) is 0 Å². The zero-order valence-corrected chi connectivity index (χ0v) is 24.2. The second kappa shape index (κ2) is 12.8. The van der Waals surface area contributed by atoms with E-state index in [-0.39, 0.29) is 18.1 Å². The molecule has 0 atom stereocenters. The van der Waals surface area contributed by atoms with Gasteiger partial charge in [0.1, 0.15) is 0 Å². The highest BCUT2D eigenvalue weighted by Gasteiger charge is 2.21. The third-order valence-corrected chi connectivity index (χ3v) is 7.61. The molecule has 0 saturated carbocycles. The summed E-state index contributed by atoms with van der Waals surface area (Å²) in [6.45, 7) is 10.8. The summed E-state index contributed by atoms with van der Waals surface area (Å²) in [5.74, 6) is 0. The minimum atomic E-state index is -0.298. The predicted molar refractivity (Wildman–Crippen MR) is 166 cm³/mol. The molecular weight excluding hydrogens is 512 g/mol. The normalized spacial score (nSPS) is 14.2. The van der Waals surface area contributed by atoms with Crippen molar-refractivity contribution in [3.63, 3.8) is 0 Å². The molecule has 0 bridgehead atoms. The van der Waals surface area contributed by atoms with Crippen LogP contribution in [0.1, 0.15) is 44.0 Å². The molecule has 1 saturated heterocycles. The summed E-state index contributed by atoms with van der Waals surface area (Å²) in [4.78, 5) is 20.4. The molecule has 3 N–H and O–H groups in total. The van der Waals surface area contributed by atoms with Crippen LogP contribution in [0.4, 0.5) is 16.2 Å². The van der Waals surface area contributed by atoms with E-state index in [1.165, 1.54) is 5.56 Å². The lowest BCUT2D eigenvalue weighted by Crippen LogP contribution is -2.35. The Bertz CT molecular complexity index is 1490. The topological polar surface area (TPSA) is 86.7 Å². The van der Waals surface area contributed by atoms with Crippen LogP contribution in [0, 0.1) is 0 Å². The fourth-order valence-electron chi connectivity index (χ4n) is 5.53. The largest absolute Gasteiger partial charge is 0.396 e. The molecule has 2 heterocycles. The van der Waals surface area contributed by atoms with Crippen LogP contribution >= 0.6 is 0 Å². The van der Waals surface area contributed by atoms with Crippen LogP contribution in [-0.4, -0.2) is 53.9 Å². The number of hydrogen-bond donors (Lipinski definition) is 3. The van der Waals surface area contributed by atoms with Gasteiger partial charge < -0.3 is 20.5 Å². The maximum Gasteiger partial charge on any atom is 0.323 e. The van der Waals surface area contributed by atoms with Crippen molar-refractivity contribution in [3.05, 3.63) is 89.7 Å². The predicted octanol–water partition coefficient (Wildman–Crippen LogP) is 6.60. The number of urea groups is 1. The Hall–Kier alpha value is -3.78. The van der Waals surface area contributed by atoms with Crippen molar-refractivity contribution < 1.29 is 14.6 Å². The van der Waals surface area contributed by atoms with Gasteiger partial charge in [-0.15, -0.1) is 0 Å². The molecule has 5 rings (SSSR count). The number of fused-ring (bicyclic) bond motifs is 1. The summed E-state index contributed by atoms with van der Waals surface area (Å²) in [5, 5.41) is 17.6. The van der Waals surface area contributed by atoms with Gasteiger partial charge in [0, 0.05) is 49.1 Å². The van der Waals surface area contributed by atoms with Crippen LogP contribution < -0.4 is 10.6 Å². The zero-order valence-electron chi connectivity index (χ0n) is 24.2. The van der Waals surface area contributed by atoms with E-state index in [0.717, 1.165) is 77.4 Å². The fraction of sp³-hybridized carbons (Fsp3) is 0.353. The molecule has 41 heavy (non-hydrogen) atoms. The van der Waals surface area contributed by atoms with Crippen LogP contribution in [0.25, 0.3) is 21.9 Å². The summed E-state index contributed by atoms with van der Waals surface area (Å²) < 4.78 is 5.45. The molecule has 7 heteroatoms. The zero-order chi connectivity index (χ0) is 28.8. The molecule has 1 fully saturated rings. The molecule has 214 valence electrons. The van der Waals surface area contributed by atoms with E-state index in [0.29, 0.717) is 12.8 Å². The van der Waals surface area contributed by atoms with E-state index in [4.69, 9.17) is 9.72 Å². The summed E-state index contributed by atoms with van der Waals surface area (Å²) in [7, 11) is 0. The van der Waals surface area contributed by atoms with Crippen molar-refractivity contribution in [2.45, 2.75) is 45.6 Å². The molecule has 1 aliphatic rings. The molecule has 2 amide bonds. The Balaban J connectivity index is 1.36. The van der Waals surface area contributed by atoms with Crippen LogP contribution in [-0.2, 0) is 23.1 Å². The first-order valence-corrected chi connectivity index (χ1v) is 14.4. The van der Waals surface area contributed by atoms with Crippen molar-refractivity contribution in [2.24, 2.45) is 0 Å². The van der Waals surface area contributed by atoms with Crippen LogP contribution in [0.2, 0.25) is 0 Å². The molecule has 0 unspecified atom stereocenters. The van der Waals surface area contributed by atoms with Gasteiger partial charge in [-0.05, 0) is 58.5 Å². The maximum absolute atomic E-state index is 13.3. The molecule has 4 aromatic rings. The molecule has 3 aromatic carbocycles. The number of carbonyl (C=O) groups is 1. The van der Waals surface area contributed by atoms with E-state index < -0.39 is 0 Å². The van der Waals surface area contributed by atoms with Gasteiger partial charge in [0.25, 0.3) is 0 Å². The smallest absolute Gasteiger partial charge is 0.323 e. The third kappa shape index (κ3) is 6.93. The summed E-state index contributed by atoms with van der Waals surface area (Å²) in [6.07, 6.45) is 3.27. The van der Waals surface area contributed by atoms with Gasteiger partial charge in [-0.2, -0.15) is 0 Å². The van der Waals surface area contributed by atoms with E-state index in [1.807, 2.05) is 48.7 Å². The quantitative estimate of drug-likeness (QED) is 0.229. The van der Waals surface area contributed by atoms with E-state index in [1.54, 1.807) is 0 Å². The monoisotopic (exact) mass is 552 g/mol. The van der Waals surface area contributed by atoms with Crippen LogP contribution in [0.3, 0.4) is 0 Å². The van der Waals surface area contributed by atoms with Gasteiger partial charge in [0.15, 0.2) is 0 Å². The average Bonchev–Trinajstić information content (AvgIpc) is 2.97. The summed E-state index contributed by atoms with van der Waals surface area (Å²) in [5.41, 5.74) is 6.81. The van der Waals surface area contributed by atoms with Gasteiger partial charge in [-0.25, -0.2) is 4.79 Å². The number of nitrogens with zero attached hydrogens (tertiary/aromatic N) is 2. The van der Waals surface area contributed by atoms with E-state index in [2.05, 4.69) is 60.6 Å². The Labute approximate surface area is 242 Å². The number of aliphatic hydroxyl groups is 1. The minimum Gasteiger partial charge on any atom is -0.396 e. The second-order valence-corrected chi connectivity index (χ2v) is 11.6. The number of aliphatic hydroxyl groups excluding tert-OH is 1. The highest BCUT2D eigenvalue weighted by molar-refractivity contribution is 6.09. The number of nitrogens with one attached hydrogen (secondary N) is 2. The number of rotatable bonds is 8. The van der Waals surface area contributed by atoms with Gasteiger partial charge in [-0.1, -0.05) is 69.3 Å². The highest BCUT2D eigenvalue weighted by atomic mass is 16.5. The molecule has 0 aliphatic carbocycles. The first kappa shape index (κ1) is 28.7. The lowest BCUT2D eigenvalue weighted by molar-refractivity contribution is 0.0336. The van der Waals surface area contributed by atoms with Crippen molar-refractivity contribution in [2.75, 3.05) is 43.5 Å². The summed E-state index contributed by atoms with van der Waals surface area (Å²) >= 11 is 0. The molecule has 1 aliphatic heterocycles. The lowest BCUT2D eigenvalue weighted by atomic mass is 9.82. The number of aromatic nitrogens is 1. The highest BCUT2D eigenvalue weighted by Crippen LogP contribution is 2.34. The maximum atomic E-state index is 13.3. The Morgan fingerprint density at radius 2 is 1.68 bits per heavy atom. The number of hydrogen-bond acceptors (Lipinski definition) is 5. The lowest BCUT2D eigenvalue weighted by Gasteiger charge is -2.26. The first-order valence-electron chi connectivity index (χ1n) is 14.4. The van der Waals surface area contributed by atoms with Crippen molar-refractivity contribution in [1.82, 2.24) is 9.88 Å². The number of ether oxygens (including phenoxy) is 1.